The molecule has 8 heterocycles. The van der Waals surface area contributed by atoms with E-state index >= 15 is 0 Å². The van der Waals surface area contributed by atoms with E-state index in [1.165, 1.54) is 18.9 Å². The number of ether oxygens (including phenoxy) is 9. The topological polar surface area (TPSA) is 479 Å². The van der Waals surface area contributed by atoms with E-state index in [2.05, 4.69) is 55.2 Å². The SMILES string of the molecule is CC(NC(=O)CN1CCOCC1)C(=O)CC(CC(C)(C)S)C(=O)NC(Cc1ccccc1)C(=O)C1(C)CO1.COCC(CC(=O)C(C)NC(=O)CN1CCOCC1)C(=O)NC(Cc1ccccc1)C(=O)C1(C)CO1.CSCC(CC(=O)C(C)NC(=O)CN1CCOCC1)C(=O)NC(Cc1ccccc1)C(=O)C1(C)CO1.CSCCC(CC(=O)C(C)NC(=O)CN1CCOCC1)C(=O)NC(Cc1ccccc1)C(=O)C1(C)CO1. The summed E-state index contributed by atoms with van der Waals surface area (Å²) in [5.41, 5.74) is 0.102. The number of thiol groups is 1. The number of methoxy groups -OCH3 is 1. The van der Waals surface area contributed by atoms with Gasteiger partial charge in [-0.05, 0) is 134 Å². The maximum Gasteiger partial charge on any atom is 0.234 e. The fourth-order valence-electron chi connectivity index (χ4n) is 17.2. The molecule has 16 unspecified atom stereocenters. The van der Waals surface area contributed by atoms with Crippen LogP contribution in [-0.2, 0) is 145 Å². The van der Waals surface area contributed by atoms with Gasteiger partial charge in [-0.1, -0.05) is 135 Å². The normalized spacial score (nSPS) is 22.1. The second kappa shape index (κ2) is 59.9. The first kappa shape index (κ1) is 121. The predicted molar refractivity (Wildman–Crippen MR) is 559 cm³/mol. The zero-order valence-corrected chi connectivity index (χ0v) is 89.9. The van der Waals surface area contributed by atoms with E-state index < -0.39 is 105 Å². The first-order valence-corrected chi connectivity index (χ1v) is 54.0. The van der Waals surface area contributed by atoms with E-state index in [0.29, 0.717) is 182 Å². The van der Waals surface area contributed by atoms with Crippen molar-refractivity contribution in [2.75, 3.05) is 196 Å². The molecular formula is C107H154N12O25S3. The standard InChI is InChI=1S/C28H41N3O6S.C27H39N3O6S.C26H37N3O7.C26H37N3O6S/c1-19(29-24(33)17-31-10-12-36-13-11-31)23(32)15-21(16-27(2,3)38)26(35)30-22(25(34)28(4)18-37-28)14-20-8-6-5-7-9-20;1-19(28-24(32)17-30-10-12-35-13-11-30)23(31)16-21(9-14-37-3)26(34)29-22(25(33)27(2)18-36-27)15-20-7-5-4-6-8-20;1-18(27-23(31)15-29-9-11-35-12-10-29)22(30)14-20(16-34-3)25(33)28-21(24(32)26(2)17-36-26)13-19-7-5-4-6-8-19;1-18(27-23(31)15-29-9-11-34-12-10-29)22(30)14-20(16-36-3)25(33)28-21(24(32)26(2)17-35-26)13-19-7-5-4-6-8-19/h5-9,19,21-22,38H,10-18H2,1-4H3,(H,29,33)(H,30,35);4-8,19,21-22H,9-18H2,1-3H3,(H,28,32)(H,29,34);2*4-8,18,20-21H,9-17H2,1-3H3,(H,27,31)(H,28,33). The summed E-state index contributed by atoms with van der Waals surface area (Å²) in [4.78, 5) is 215. The molecule has 8 fully saturated rings. The highest BCUT2D eigenvalue weighted by atomic mass is 32.2. The fourth-order valence-corrected chi connectivity index (χ4v) is 18.6. The summed E-state index contributed by atoms with van der Waals surface area (Å²) in [6.45, 7) is 29.3. The average molecular weight is 2100 g/mol. The van der Waals surface area contributed by atoms with Crippen LogP contribution in [0.5, 0.6) is 0 Å². The number of amides is 8. The highest BCUT2D eigenvalue weighted by Crippen LogP contribution is 2.35. The second-order valence-corrected chi connectivity index (χ2v) is 43.5. The molecule has 147 heavy (non-hydrogen) atoms. The Balaban J connectivity index is 0.000000218. The number of hydrogen-bond donors (Lipinski definition) is 9. The van der Waals surface area contributed by atoms with Crippen LogP contribution in [0.15, 0.2) is 121 Å². The number of carbonyl (C=O) groups excluding carboxylic acids is 16. The van der Waals surface area contributed by atoms with Crippen LogP contribution in [-0.4, -0.2) is 384 Å². The largest absolute Gasteiger partial charge is 0.384 e. The molecule has 810 valence electrons. The Morgan fingerprint density at radius 2 is 0.585 bits per heavy atom. The number of Topliss-reactive ketones (excluding diaryl/α,β-unsaturated/α-hetero) is 8. The Bertz CT molecular complexity index is 4820. The molecule has 8 saturated heterocycles. The minimum Gasteiger partial charge on any atom is -0.384 e. The second-order valence-electron chi connectivity index (χ2n) is 40.4. The molecule has 4 aromatic carbocycles. The van der Waals surface area contributed by atoms with Crippen LogP contribution in [0.3, 0.4) is 0 Å². The van der Waals surface area contributed by atoms with Gasteiger partial charge in [0.25, 0.3) is 0 Å². The van der Waals surface area contributed by atoms with Gasteiger partial charge in [-0.15, -0.1) is 0 Å². The average Bonchev–Trinajstić information content (AvgIpc) is 1.65. The molecule has 12 rings (SSSR count). The van der Waals surface area contributed by atoms with Gasteiger partial charge in [-0.25, -0.2) is 0 Å². The van der Waals surface area contributed by atoms with E-state index in [1.807, 2.05) is 167 Å². The van der Waals surface area contributed by atoms with Crippen LogP contribution < -0.4 is 42.5 Å². The van der Waals surface area contributed by atoms with Gasteiger partial charge in [-0.2, -0.15) is 36.2 Å². The van der Waals surface area contributed by atoms with Gasteiger partial charge in [0.05, 0.1) is 172 Å². The lowest BCUT2D eigenvalue weighted by molar-refractivity contribution is -0.135. The van der Waals surface area contributed by atoms with Crippen molar-refractivity contribution in [2.45, 2.75) is 209 Å². The molecule has 8 N–H and O–H groups in total. The summed E-state index contributed by atoms with van der Waals surface area (Å²) in [5.74, 6) is -5.75. The van der Waals surface area contributed by atoms with Crippen molar-refractivity contribution in [1.82, 2.24) is 62.1 Å². The summed E-state index contributed by atoms with van der Waals surface area (Å²) in [6.07, 6.45) is 5.72. The number of carbonyl (C=O) groups is 16. The van der Waals surface area contributed by atoms with E-state index in [-0.39, 0.29) is 146 Å². The number of hydrogen-bond acceptors (Lipinski definition) is 32. The van der Waals surface area contributed by atoms with Crippen molar-refractivity contribution in [1.29, 1.82) is 0 Å². The highest BCUT2D eigenvalue weighted by Gasteiger charge is 2.54. The first-order valence-electron chi connectivity index (χ1n) is 50.8. The fraction of sp³-hybridized carbons (Fsp3) is 0.626. The van der Waals surface area contributed by atoms with E-state index in [9.17, 15) is 76.7 Å². The molecule has 0 radical (unpaired) electrons. The molecule has 0 spiro atoms. The molecule has 4 aromatic rings. The number of nitrogens with one attached hydrogen (secondary N) is 8. The van der Waals surface area contributed by atoms with Crippen molar-refractivity contribution < 1.29 is 119 Å². The molecule has 16 atom stereocenters. The number of ketones is 8. The van der Waals surface area contributed by atoms with Gasteiger partial charge in [0.1, 0.15) is 22.4 Å². The number of rotatable bonds is 57. The first-order chi connectivity index (χ1) is 70.0. The molecule has 8 amide bonds. The lowest BCUT2D eigenvalue weighted by atomic mass is 9.88. The number of morpholine rings is 4. The lowest BCUT2D eigenvalue weighted by Gasteiger charge is -2.28. The van der Waals surface area contributed by atoms with Crippen molar-refractivity contribution in [3.63, 3.8) is 0 Å². The summed E-state index contributed by atoms with van der Waals surface area (Å²) in [6, 6.07) is 31.8. The van der Waals surface area contributed by atoms with Gasteiger partial charge in [0, 0.05) is 107 Å². The lowest BCUT2D eigenvalue weighted by Crippen LogP contribution is -2.51. The van der Waals surface area contributed by atoms with Gasteiger partial charge < -0.3 is 85.2 Å². The van der Waals surface area contributed by atoms with Crippen LogP contribution in [0.4, 0.5) is 0 Å². The Morgan fingerprint density at radius 3 is 0.823 bits per heavy atom. The third-order valence-corrected chi connectivity index (χ3v) is 28.4. The quantitative estimate of drug-likeness (QED) is 0.0224. The van der Waals surface area contributed by atoms with Crippen molar-refractivity contribution in [3.8, 4) is 0 Å². The van der Waals surface area contributed by atoms with Crippen LogP contribution in [0.2, 0.25) is 0 Å². The minimum atomic E-state index is -0.904. The van der Waals surface area contributed by atoms with E-state index in [0.717, 1.165) is 22.3 Å². The molecule has 0 aromatic heterocycles. The third kappa shape index (κ3) is 42.4. The van der Waals surface area contributed by atoms with E-state index in [1.54, 1.807) is 67.2 Å². The van der Waals surface area contributed by atoms with Gasteiger partial charge >= 0.3 is 0 Å². The number of thioether (sulfide) groups is 2. The van der Waals surface area contributed by atoms with Crippen LogP contribution in [0, 0.1) is 23.7 Å². The monoisotopic (exact) mass is 2100 g/mol. The van der Waals surface area contributed by atoms with Crippen molar-refractivity contribution >= 4 is 130 Å². The van der Waals surface area contributed by atoms with Crippen LogP contribution >= 0.6 is 36.2 Å². The number of benzene rings is 4. The zero-order valence-electron chi connectivity index (χ0n) is 87.4. The smallest absolute Gasteiger partial charge is 0.234 e. The van der Waals surface area contributed by atoms with Crippen LogP contribution in [0.1, 0.15) is 130 Å². The summed E-state index contributed by atoms with van der Waals surface area (Å²) in [5, 5.41) is 22.6. The van der Waals surface area contributed by atoms with Crippen molar-refractivity contribution in [2.24, 2.45) is 23.7 Å². The molecule has 0 bridgehead atoms. The Kier molecular flexibility index (Phi) is 49.4. The third-order valence-electron chi connectivity index (χ3n) is 26.8. The summed E-state index contributed by atoms with van der Waals surface area (Å²) in [7, 11) is 1.45. The minimum absolute atomic E-state index is 0.00598. The Hall–Kier alpha value is -9.47. The van der Waals surface area contributed by atoms with Gasteiger partial charge in [0.2, 0.25) is 47.3 Å². The molecule has 0 saturated carbocycles. The highest BCUT2D eigenvalue weighted by molar-refractivity contribution is 7.98. The molecule has 40 heteroatoms. The maximum atomic E-state index is 13.5. The van der Waals surface area contributed by atoms with Gasteiger partial charge in [-0.3, -0.25) is 96.3 Å². The van der Waals surface area contributed by atoms with E-state index in [4.69, 9.17) is 42.6 Å². The molecule has 8 aliphatic rings. The summed E-state index contributed by atoms with van der Waals surface area (Å²) < 4.78 is 47.2. The van der Waals surface area contributed by atoms with Crippen LogP contribution in [0.25, 0.3) is 0 Å². The maximum absolute atomic E-state index is 13.5. The molecule has 8 aliphatic heterocycles. The molecule has 0 aliphatic carbocycles. The summed E-state index contributed by atoms with van der Waals surface area (Å²) >= 11 is 7.64. The number of nitrogens with zero attached hydrogens (tertiary/aromatic N) is 4. The van der Waals surface area contributed by atoms with Crippen molar-refractivity contribution in [3.05, 3.63) is 144 Å². The molecular weight excluding hydrogens is 1950 g/mol. The molecule has 37 nitrogen and oxygen atoms in total. The Morgan fingerprint density at radius 1 is 0.354 bits per heavy atom. The zero-order chi connectivity index (χ0) is 107. The predicted octanol–water partition coefficient (Wildman–Crippen LogP) is 3.80. The number of epoxide rings is 4. The van der Waals surface area contributed by atoms with Gasteiger partial charge in [0.15, 0.2) is 46.3 Å². The Labute approximate surface area is 877 Å².